The molecule has 6 heteroatoms. The highest BCUT2D eigenvalue weighted by molar-refractivity contribution is 5.91. The standard InChI is InChI=1S/C19H25N3O3/c23-18(21-10-9-14-3-1-2-4-15(14)13-21)20-16-5-7-17(8-6-16)22-11-12-25-19(22)24/h5-8,14-15H,1-4,9-13H2,(H,20,23)/t14-,15+/m0/s1. The Morgan fingerprint density at radius 2 is 1.80 bits per heavy atom. The molecule has 2 atom stereocenters. The highest BCUT2D eigenvalue weighted by atomic mass is 16.6. The second-order valence-corrected chi connectivity index (χ2v) is 7.28. The number of likely N-dealkylation sites (tertiary alicyclic amines) is 1. The van der Waals surface area contributed by atoms with Gasteiger partial charge in [-0.2, -0.15) is 0 Å². The number of amides is 3. The first-order valence-electron chi connectivity index (χ1n) is 9.31. The maximum absolute atomic E-state index is 12.6. The Labute approximate surface area is 148 Å². The minimum absolute atomic E-state index is 0.0163. The van der Waals surface area contributed by atoms with Gasteiger partial charge < -0.3 is 15.0 Å². The smallest absolute Gasteiger partial charge is 0.414 e. The van der Waals surface area contributed by atoms with Gasteiger partial charge in [0.25, 0.3) is 0 Å². The predicted octanol–water partition coefficient (Wildman–Crippen LogP) is 3.69. The Balaban J connectivity index is 1.35. The molecule has 4 rings (SSSR count). The van der Waals surface area contributed by atoms with E-state index >= 15 is 0 Å². The van der Waals surface area contributed by atoms with Gasteiger partial charge in [0, 0.05) is 24.5 Å². The molecule has 1 aromatic carbocycles. The molecule has 1 N–H and O–H groups in total. The molecule has 2 heterocycles. The Morgan fingerprint density at radius 3 is 2.52 bits per heavy atom. The Morgan fingerprint density at radius 1 is 1.04 bits per heavy atom. The summed E-state index contributed by atoms with van der Waals surface area (Å²) >= 11 is 0. The number of carbonyl (C=O) groups excluding carboxylic acids is 2. The van der Waals surface area contributed by atoms with Crippen LogP contribution in [-0.4, -0.2) is 43.3 Å². The average molecular weight is 343 g/mol. The predicted molar refractivity (Wildman–Crippen MR) is 95.8 cm³/mol. The summed E-state index contributed by atoms with van der Waals surface area (Å²) in [4.78, 5) is 27.7. The van der Waals surface area contributed by atoms with Crippen LogP contribution in [0.5, 0.6) is 0 Å². The molecule has 6 nitrogen and oxygen atoms in total. The molecule has 1 aliphatic carbocycles. The number of nitrogens with one attached hydrogen (secondary N) is 1. The van der Waals surface area contributed by atoms with Crippen LogP contribution in [0.4, 0.5) is 21.0 Å². The largest absolute Gasteiger partial charge is 0.447 e. The molecule has 0 unspecified atom stereocenters. The normalized spacial score (nSPS) is 26.2. The second-order valence-electron chi connectivity index (χ2n) is 7.28. The fourth-order valence-electron chi connectivity index (χ4n) is 4.34. The molecular weight excluding hydrogens is 318 g/mol. The van der Waals surface area contributed by atoms with Crippen molar-refractivity contribution in [3.63, 3.8) is 0 Å². The molecule has 1 aromatic rings. The fourth-order valence-corrected chi connectivity index (χ4v) is 4.34. The van der Waals surface area contributed by atoms with Crippen LogP contribution >= 0.6 is 0 Å². The minimum Gasteiger partial charge on any atom is -0.447 e. The van der Waals surface area contributed by atoms with Crippen molar-refractivity contribution >= 4 is 23.5 Å². The summed E-state index contributed by atoms with van der Waals surface area (Å²) in [5.74, 6) is 1.49. The third-order valence-electron chi connectivity index (χ3n) is 5.77. The topological polar surface area (TPSA) is 61.9 Å². The molecule has 3 fully saturated rings. The Bertz CT molecular complexity index is 646. The van der Waals surface area contributed by atoms with Gasteiger partial charge in [0.15, 0.2) is 0 Å². The number of rotatable bonds is 2. The molecule has 3 amide bonds. The number of piperidine rings is 1. The zero-order valence-electron chi connectivity index (χ0n) is 14.4. The van der Waals surface area contributed by atoms with Gasteiger partial charge in [-0.15, -0.1) is 0 Å². The summed E-state index contributed by atoms with van der Waals surface area (Å²) in [7, 11) is 0. The highest BCUT2D eigenvalue weighted by Crippen LogP contribution is 2.36. The summed E-state index contributed by atoms with van der Waals surface area (Å²) in [6.45, 7) is 2.73. The van der Waals surface area contributed by atoms with Gasteiger partial charge in [0.05, 0.1) is 6.54 Å². The van der Waals surface area contributed by atoms with Crippen LogP contribution in [0.15, 0.2) is 24.3 Å². The van der Waals surface area contributed by atoms with Crippen molar-refractivity contribution < 1.29 is 14.3 Å². The van der Waals surface area contributed by atoms with Crippen molar-refractivity contribution in [2.45, 2.75) is 32.1 Å². The van der Waals surface area contributed by atoms with E-state index in [9.17, 15) is 9.59 Å². The molecule has 0 bridgehead atoms. The van der Waals surface area contributed by atoms with E-state index in [4.69, 9.17) is 4.74 Å². The summed E-state index contributed by atoms with van der Waals surface area (Å²) in [5.41, 5.74) is 1.55. The molecule has 134 valence electrons. The van der Waals surface area contributed by atoms with Crippen LogP contribution in [0.2, 0.25) is 0 Å². The van der Waals surface area contributed by atoms with Crippen molar-refractivity contribution in [1.29, 1.82) is 0 Å². The lowest BCUT2D eigenvalue weighted by Crippen LogP contribution is -2.46. The molecule has 2 aliphatic heterocycles. The number of benzene rings is 1. The zero-order valence-corrected chi connectivity index (χ0v) is 14.4. The molecule has 2 saturated heterocycles. The zero-order chi connectivity index (χ0) is 17.2. The lowest BCUT2D eigenvalue weighted by molar-refractivity contribution is 0.108. The van der Waals surface area contributed by atoms with Gasteiger partial charge in [-0.25, -0.2) is 9.59 Å². The maximum Gasteiger partial charge on any atom is 0.414 e. The number of hydrogen-bond donors (Lipinski definition) is 1. The summed E-state index contributed by atoms with van der Waals surface area (Å²) in [6.07, 6.45) is 6.07. The van der Waals surface area contributed by atoms with Crippen LogP contribution in [0.3, 0.4) is 0 Å². The van der Waals surface area contributed by atoms with Gasteiger partial charge in [0.2, 0.25) is 0 Å². The second kappa shape index (κ2) is 6.94. The number of urea groups is 1. The first-order chi connectivity index (χ1) is 12.2. The number of anilines is 2. The van der Waals surface area contributed by atoms with E-state index in [-0.39, 0.29) is 12.1 Å². The van der Waals surface area contributed by atoms with Crippen LogP contribution in [0, 0.1) is 11.8 Å². The lowest BCUT2D eigenvalue weighted by atomic mass is 9.75. The highest BCUT2D eigenvalue weighted by Gasteiger charge is 2.33. The van der Waals surface area contributed by atoms with E-state index < -0.39 is 0 Å². The molecule has 25 heavy (non-hydrogen) atoms. The summed E-state index contributed by atoms with van der Waals surface area (Å²) in [6, 6.07) is 7.35. The average Bonchev–Trinajstić information content (AvgIpc) is 3.08. The van der Waals surface area contributed by atoms with Crippen molar-refractivity contribution in [3.05, 3.63) is 24.3 Å². The van der Waals surface area contributed by atoms with Crippen LogP contribution < -0.4 is 10.2 Å². The van der Waals surface area contributed by atoms with Gasteiger partial charge in [0.1, 0.15) is 6.61 Å². The van der Waals surface area contributed by atoms with Gasteiger partial charge in [-0.1, -0.05) is 19.3 Å². The lowest BCUT2D eigenvalue weighted by Gasteiger charge is -2.41. The van der Waals surface area contributed by atoms with E-state index in [1.165, 1.54) is 25.7 Å². The number of hydrogen-bond acceptors (Lipinski definition) is 3. The SMILES string of the molecule is O=C(Nc1ccc(N2CCOC2=O)cc1)N1CC[C@@H]2CCCC[C@@H]2C1. The monoisotopic (exact) mass is 343 g/mol. The van der Waals surface area contributed by atoms with Crippen molar-refractivity contribution in [3.8, 4) is 0 Å². The van der Waals surface area contributed by atoms with E-state index in [2.05, 4.69) is 5.32 Å². The van der Waals surface area contributed by atoms with Crippen molar-refractivity contribution in [1.82, 2.24) is 4.90 Å². The van der Waals surface area contributed by atoms with E-state index in [1.54, 1.807) is 4.90 Å². The molecule has 0 radical (unpaired) electrons. The quantitative estimate of drug-likeness (QED) is 0.891. The molecular formula is C19H25N3O3. The van der Waals surface area contributed by atoms with Gasteiger partial charge in [-0.05, 0) is 48.9 Å². The number of fused-ring (bicyclic) bond motifs is 1. The molecule has 1 saturated carbocycles. The molecule has 0 aromatic heterocycles. The maximum atomic E-state index is 12.6. The minimum atomic E-state index is -0.313. The van der Waals surface area contributed by atoms with E-state index in [0.29, 0.717) is 19.1 Å². The molecule has 3 aliphatic rings. The number of cyclic esters (lactones) is 1. The first-order valence-corrected chi connectivity index (χ1v) is 9.31. The fraction of sp³-hybridized carbons (Fsp3) is 0.579. The third-order valence-corrected chi connectivity index (χ3v) is 5.77. The van der Waals surface area contributed by atoms with Crippen molar-refractivity contribution in [2.24, 2.45) is 11.8 Å². The van der Waals surface area contributed by atoms with Crippen molar-refractivity contribution in [2.75, 3.05) is 36.5 Å². The van der Waals surface area contributed by atoms with Gasteiger partial charge >= 0.3 is 12.1 Å². The van der Waals surface area contributed by atoms with Crippen LogP contribution in [0.1, 0.15) is 32.1 Å². The summed E-state index contributed by atoms with van der Waals surface area (Å²) in [5, 5.41) is 2.99. The van der Waals surface area contributed by atoms with Gasteiger partial charge in [-0.3, -0.25) is 4.90 Å². The van der Waals surface area contributed by atoms with E-state index in [1.807, 2.05) is 29.2 Å². The summed E-state index contributed by atoms with van der Waals surface area (Å²) < 4.78 is 4.95. The number of carbonyl (C=O) groups is 2. The van der Waals surface area contributed by atoms with E-state index in [0.717, 1.165) is 36.8 Å². The Kier molecular flexibility index (Phi) is 4.51. The van der Waals surface area contributed by atoms with Crippen LogP contribution in [-0.2, 0) is 4.74 Å². The number of nitrogens with zero attached hydrogens (tertiary/aromatic N) is 2. The number of ether oxygens (including phenoxy) is 1. The Hall–Kier alpha value is -2.24. The molecule has 0 spiro atoms. The van der Waals surface area contributed by atoms with Crippen LogP contribution in [0.25, 0.3) is 0 Å². The third kappa shape index (κ3) is 3.43. The first kappa shape index (κ1) is 16.2.